The van der Waals surface area contributed by atoms with Gasteiger partial charge in [-0.2, -0.15) is 0 Å². The normalized spacial score (nSPS) is 15.8. The van der Waals surface area contributed by atoms with Gasteiger partial charge in [0.05, 0.1) is 6.54 Å². The van der Waals surface area contributed by atoms with Crippen LogP contribution in [0.15, 0.2) is 48.5 Å². The number of aryl methyl sites for hydroxylation is 1. The highest BCUT2D eigenvalue weighted by molar-refractivity contribution is 6.31. The van der Waals surface area contributed by atoms with Crippen LogP contribution in [0.25, 0.3) is 0 Å². The zero-order chi connectivity index (χ0) is 18.4. The van der Waals surface area contributed by atoms with Crippen molar-refractivity contribution in [1.82, 2.24) is 9.80 Å². The highest BCUT2D eigenvalue weighted by atomic mass is 35.5. The molecule has 2 aromatic carbocycles. The number of nitrogens with zero attached hydrogens (tertiary/aromatic N) is 2. The minimum absolute atomic E-state index is 0.0498. The molecule has 0 unspecified atom stereocenters. The zero-order valence-corrected chi connectivity index (χ0v) is 16.0. The molecular weight excluding hydrogens is 346 g/mol. The Kier molecular flexibility index (Phi) is 6.67. The molecule has 1 N–H and O–H groups in total. The minimum atomic E-state index is 0.0498. The number of amides is 1. The van der Waals surface area contributed by atoms with Crippen molar-refractivity contribution in [3.05, 3.63) is 64.7 Å². The number of nitrogens with one attached hydrogen (secondary N) is 1. The maximum absolute atomic E-state index is 12.3. The van der Waals surface area contributed by atoms with Gasteiger partial charge in [0.15, 0.2) is 0 Å². The maximum atomic E-state index is 12.3. The lowest BCUT2D eigenvalue weighted by molar-refractivity contribution is -0.117. The number of benzene rings is 2. The van der Waals surface area contributed by atoms with Crippen molar-refractivity contribution in [3.63, 3.8) is 0 Å². The molecule has 1 amide bonds. The lowest BCUT2D eigenvalue weighted by Crippen LogP contribution is -2.48. The molecule has 0 bridgehead atoms. The fraction of sp³-hybridized carbons (Fsp3) is 0.381. The standard InChI is InChI=1S/C21H26ClN3O/c1-2-17-7-9-19(10-8-17)23-21(26)16-25-13-11-24(12-14-25)15-18-5-3-4-6-20(18)22/h3-10H,2,11-16H2,1H3,(H,23,26). The van der Waals surface area contributed by atoms with Crippen LogP contribution in [0.3, 0.4) is 0 Å². The smallest absolute Gasteiger partial charge is 0.238 e. The van der Waals surface area contributed by atoms with E-state index in [4.69, 9.17) is 11.6 Å². The van der Waals surface area contributed by atoms with Gasteiger partial charge in [-0.1, -0.05) is 48.9 Å². The van der Waals surface area contributed by atoms with Gasteiger partial charge in [-0.3, -0.25) is 14.6 Å². The van der Waals surface area contributed by atoms with E-state index in [1.54, 1.807) is 0 Å². The van der Waals surface area contributed by atoms with Gasteiger partial charge in [0, 0.05) is 43.4 Å². The van der Waals surface area contributed by atoms with E-state index in [0.717, 1.165) is 55.4 Å². The molecule has 0 spiro atoms. The molecular formula is C21H26ClN3O. The van der Waals surface area contributed by atoms with Crippen molar-refractivity contribution in [3.8, 4) is 0 Å². The van der Waals surface area contributed by atoms with Gasteiger partial charge in [0.25, 0.3) is 0 Å². The molecule has 0 radical (unpaired) electrons. The van der Waals surface area contributed by atoms with E-state index < -0.39 is 0 Å². The van der Waals surface area contributed by atoms with Crippen LogP contribution in [0, 0.1) is 0 Å². The van der Waals surface area contributed by atoms with Crippen molar-refractivity contribution >= 4 is 23.2 Å². The molecule has 1 saturated heterocycles. The number of piperazine rings is 1. The molecule has 1 aliphatic heterocycles. The third-order valence-electron chi connectivity index (χ3n) is 4.83. The fourth-order valence-electron chi connectivity index (χ4n) is 3.20. The Morgan fingerprint density at radius 2 is 1.65 bits per heavy atom. The van der Waals surface area contributed by atoms with Crippen LogP contribution >= 0.6 is 11.6 Å². The van der Waals surface area contributed by atoms with E-state index in [1.807, 2.05) is 30.3 Å². The first-order chi connectivity index (χ1) is 12.6. The van der Waals surface area contributed by atoms with Gasteiger partial charge in [0.2, 0.25) is 5.91 Å². The Bertz CT molecular complexity index is 724. The summed E-state index contributed by atoms with van der Waals surface area (Å²) in [6.07, 6.45) is 1.01. The average Bonchev–Trinajstić information content (AvgIpc) is 2.66. The topological polar surface area (TPSA) is 35.6 Å². The Balaban J connectivity index is 1.43. The number of hydrogen-bond donors (Lipinski definition) is 1. The van der Waals surface area contributed by atoms with Gasteiger partial charge < -0.3 is 5.32 Å². The summed E-state index contributed by atoms with van der Waals surface area (Å²) in [4.78, 5) is 16.9. The van der Waals surface area contributed by atoms with Crippen LogP contribution in [-0.2, 0) is 17.8 Å². The number of hydrogen-bond acceptors (Lipinski definition) is 3. The van der Waals surface area contributed by atoms with Crippen molar-refractivity contribution in [2.24, 2.45) is 0 Å². The summed E-state index contributed by atoms with van der Waals surface area (Å²) in [7, 11) is 0. The van der Waals surface area contributed by atoms with E-state index in [-0.39, 0.29) is 5.91 Å². The van der Waals surface area contributed by atoms with Crippen LogP contribution in [-0.4, -0.2) is 48.4 Å². The van der Waals surface area contributed by atoms with E-state index in [9.17, 15) is 4.79 Å². The zero-order valence-electron chi connectivity index (χ0n) is 15.2. The van der Waals surface area contributed by atoms with E-state index in [0.29, 0.717) is 6.54 Å². The summed E-state index contributed by atoms with van der Waals surface area (Å²) >= 11 is 6.25. The van der Waals surface area contributed by atoms with Crippen LogP contribution < -0.4 is 5.32 Å². The third kappa shape index (κ3) is 5.31. The summed E-state index contributed by atoms with van der Waals surface area (Å²) in [5.74, 6) is 0.0498. The number of carbonyl (C=O) groups is 1. The first-order valence-electron chi connectivity index (χ1n) is 9.21. The van der Waals surface area contributed by atoms with Crippen LogP contribution in [0.1, 0.15) is 18.1 Å². The molecule has 1 fully saturated rings. The van der Waals surface area contributed by atoms with Crippen molar-refractivity contribution in [2.75, 3.05) is 38.0 Å². The van der Waals surface area contributed by atoms with Gasteiger partial charge in [-0.25, -0.2) is 0 Å². The third-order valence-corrected chi connectivity index (χ3v) is 5.20. The Hall–Kier alpha value is -1.88. The number of anilines is 1. The average molecular weight is 372 g/mol. The quantitative estimate of drug-likeness (QED) is 0.841. The molecule has 2 aromatic rings. The summed E-state index contributed by atoms with van der Waals surface area (Å²) in [5, 5.41) is 3.81. The second-order valence-corrected chi connectivity index (χ2v) is 7.15. The SMILES string of the molecule is CCc1ccc(NC(=O)CN2CCN(Cc3ccccc3Cl)CC2)cc1. The first kappa shape index (κ1) is 18.9. The maximum Gasteiger partial charge on any atom is 0.238 e. The van der Waals surface area contributed by atoms with E-state index in [1.165, 1.54) is 5.56 Å². The van der Waals surface area contributed by atoms with E-state index in [2.05, 4.69) is 40.2 Å². The van der Waals surface area contributed by atoms with Gasteiger partial charge >= 0.3 is 0 Å². The summed E-state index contributed by atoms with van der Waals surface area (Å²) in [6, 6.07) is 16.0. The highest BCUT2D eigenvalue weighted by Crippen LogP contribution is 2.18. The Morgan fingerprint density at radius 1 is 1.00 bits per heavy atom. The van der Waals surface area contributed by atoms with Crippen LogP contribution in [0.5, 0.6) is 0 Å². The largest absolute Gasteiger partial charge is 0.325 e. The van der Waals surface area contributed by atoms with Crippen molar-refractivity contribution < 1.29 is 4.79 Å². The Labute approximate surface area is 160 Å². The molecule has 138 valence electrons. The molecule has 3 rings (SSSR count). The lowest BCUT2D eigenvalue weighted by Gasteiger charge is -2.34. The van der Waals surface area contributed by atoms with E-state index >= 15 is 0 Å². The van der Waals surface area contributed by atoms with Crippen molar-refractivity contribution in [2.45, 2.75) is 19.9 Å². The monoisotopic (exact) mass is 371 g/mol. The van der Waals surface area contributed by atoms with Gasteiger partial charge in [-0.15, -0.1) is 0 Å². The number of carbonyl (C=O) groups excluding carboxylic acids is 1. The molecule has 1 aliphatic rings. The first-order valence-corrected chi connectivity index (χ1v) is 9.58. The predicted octanol–water partition coefficient (Wildman–Crippen LogP) is 3.66. The van der Waals surface area contributed by atoms with Gasteiger partial charge in [0.1, 0.15) is 0 Å². The summed E-state index contributed by atoms with van der Waals surface area (Å²) < 4.78 is 0. The molecule has 26 heavy (non-hydrogen) atoms. The summed E-state index contributed by atoms with van der Waals surface area (Å²) in [5.41, 5.74) is 3.30. The van der Waals surface area contributed by atoms with Gasteiger partial charge in [-0.05, 0) is 35.7 Å². The second-order valence-electron chi connectivity index (χ2n) is 6.74. The lowest BCUT2D eigenvalue weighted by atomic mass is 10.1. The van der Waals surface area contributed by atoms with Crippen molar-refractivity contribution in [1.29, 1.82) is 0 Å². The van der Waals surface area contributed by atoms with Crippen LogP contribution in [0.2, 0.25) is 5.02 Å². The molecule has 4 nitrogen and oxygen atoms in total. The summed E-state index contributed by atoms with van der Waals surface area (Å²) in [6.45, 7) is 7.12. The fourth-order valence-corrected chi connectivity index (χ4v) is 3.40. The molecule has 0 aromatic heterocycles. The molecule has 0 aliphatic carbocycles. The minimum Gasteiger partial charge on any atom is -0.325 e. The molecule has 0 atom stereocenters. The van der Waals surface area contributed by atoms with Crippen LogP contribution in [0.4, 0.5) is 5.69 Å². The number of halogens is 1. The molecule has 1 heterocycles. The predicted molar refractivity (Wildman–Crippen MR) is 108 cm³/mol. The Morgan fingerprint density at radius 3 is 2.31 bits per heavy atom. The highest BCUT2D eigenvalue weighted by Gasteiger charge is 2.19. The number of rotatable bonds is 6. The molecule has 0 saturated carbocycles. The molecule has 5 heteroatoms. The second kappa shape index (κ2) is 9.17.